The van der Waals surface area contributed by atoms with Crippen molar-refractivity contribution in [3.8, 4) is 11.1 Å². The van der Waals surface area contributed by atoms with Gasteiger partial charge in [-0.3, -0.25) is 19.4 Å². The molecule has 1 atom stereocenters. The molecule has 1 aromatic carbocycles. The van der Waals surface area contributed by atoms with Crippen LogP contribution in [0.25, 0.3) is 16.8 Å². The van der Waals surface area contributed by atoms with Crippen molar-refractivity contribution in [1.82, 2.24) is 29.7 Å². The van der Waals surface area contributed by atoms with Crippen molar-refractivity contribution in [3.63, 3.8) is 0 Å². The number of amides is 1. The van der Waals surface area contributed by atoms with E-state index in [1.165, 1.54) is 10.6 Å². The molecule has 8 heteroatoms. The number of carbonyl (C=O) groups is 1. The van der Waals surface area contributed by atoms with Gasteiger partial charge in [0.15, 0.2) is 5.65 Å². The van der Waals surface area contributed by atoms with Crippen molar-refractivity contribution in [2.75, 3.05) is 0 Å². The van der Waals surface area contributed by atoms with Gasteiger partial charge >= 0.3 is 0 Å². The van der Waals surface area contributed by atoms with E-state index >= 15 is 0 Å². The van der Waals surface area contributed by atoms with Crippen LogP contribution in [0.5, 0.6) is 0 Å². The Labute approximate surface area is 179 Å². The Morgan fingerprint density at radius 3 is 2.55 bits per heavy atom. The monoisotopic (exact) mass is 418 g/mol. The third-order valence-corrected chi connectivity index (χ3v) is 5.64. The van der Waals surface area contributed by atoms with Crippen LogP contribution >= 0.6 is 0 Å². The normalized spacial score (nSPS) is 12.3. The fraction of sp³-hybridized carbons (Fsp3) is 0.304. The molecule has 2 N–H and O–H groups in total. The third kappa shape index (κ3) is 3.76. The molecule has 0 aliphatic rings. The lowest BCUT2D eigenvalue weighted by molar-refractivity contribution is 0.0935. The van der Waals surface area contributed by atoms with E-state index in [0.717, 1.165) is 33.8 Å². The smallest absolute Gasteiger partial charge is 0.273 e. The summed E-state index contributed by atoms with van der Waals surface area (Å²) in [4.78, 5) is 30.1. The van der Waals surface area contributed by atoms with Gasteiger partial charge in [-0.05, 0) is 45.2 Å². The number of aromatic amines is 1. The van der Waals surface area contributed by atoms with Crippen molar-refractivity contribution in [1.29, 1.82) is 0 Å². The van der Waals surface area contributed by atoms with Crippen LogP contribution in [0.1, 0.15) is 40.1 Å². The SMILES string of the molecule is Cc1nn(C)c(C)c1C[C@@H](C)NC(=O)c1cc(=O)n2[nH]c(C)c(-c3ccccc3)c2n1. The quantitative estimate of drug-likeness (QED) is 0.521. The van der Waals surface area contributed by atoms with Crippen molar-refractivity contribution < 1.29 is 4.79 Å². The lowest BCUT2D eigenvalue weighted by Crippen LogP contribution is -2.35. The van der Waals surface area contributed by atoms with Gasteiger partial charge in [0.2, 0.25) is 0 Å². The van der Waals surface area contributed by atoms with E-state index in [9.17, 15) is 9.59 Å². The molecule has 0 saturated carbocycles. The minimum atomic E-state index is -0.371. The predicted octanol–water partition coefficient (Wildman–Crippen LogP) is 2.71. The number of nitrogens with one attached hydrogen (secondary N) is 2. The van der Waals surface area contributed by atoms with Crippen molar-refractivity contribution in [3.05, 3.63) is 75.1 Å². The maximum atomic E-state index is 12.9. The Hall–Kier alpha value is -3.68. The number of aromatic nitrogens is 5. The largest absolute Gasteiger partial charge is 0.348 e. The number of H-pyrrole nitrogens is 1. The first kappa shape index (κ1) is 20.6. The number of fused-ring (bicyclic) bond motifs is 1. The van der Waals surface area contributed by atoms with Crippen molar-refractivity contribution in [2.45, 2.75) is 40.2 Å². The Kier molecular flexibility index (Phi) is 5.22. The van der Waals surface area contributed by atoms with E-state index in [4.69, 9.17) is 0 Å². The second-order valence-electron chi connectivity index (χ2n) is 7.97. The van der Waals surface area contributed by atoms with Gasteiger partial charge in [0.1, 0.15) is 5.69 Å². The highest BCUT2D eigenvalue weighted by atomic mass is 16.2. The Morgan fingerprint density at radius 2 is 1.90 bits per heavy atom. The zero-order valence-electron chi connectivity index (χ0n) is 18.4. The second kappa shape index (κ2) is 7.86. The Balaban J connectivity index is 1.65. The first-order valence-corrected chi connectivity index (χ1v) is 10.2. The number of rotatable bonds is 5. The summed E-state index contributed by atoms with van der Waals surface area (Å²) in [6.07, 6.45) is 0.650. The molecule has 0 fully saturated rings. The number of aryl methyl sites for hydroxylation is 3. The van der Waals surface area contributed by atoms with E-state index in [1.807, 2.05) is 69.8 Å². The second-order valence-corrected chi connectivity index (χ2v) is 7.97. The van der Waals surface area contributed by atoms with Gasteiger partial charge < -0.3 is 5.32 Å². The molecular formula is C23H26N6O2. The zero-order chi connectivity index (χ0) is 22.3. The molecule has 31 heavy (non-hydrogen) atoms. The van der Waals surface area contributed by atoms with Gasteiger partial charge in [-0.1, -0.05) is 30.3 Å². The average molecular weight is 419 g/mol. The Morgan fingerprint density at radius 1 is 1.19 bits per heavy atom. The third-order valence-electron chi connectivity index (χ3n) is 5.64. The van der Waals surface area contributed by atoms with Crippen LogP contribution in [0.4, 0.5) is 0 Å². The molecule has 0 aliphatic carbocycles. The lowest BCUT2D eigenvalue weighted by atomic mass is 10.1. The van der Waals surface area contributed by atoms with Gasteiger partial charge in [0, 0.05) is 36.1 Å². The summed E-state index contributed by atoms with van der Waals surface area (Å²) in [6, 6.07) is 10.8. The van der Waals surface area contributed by atoms with E-state index in [-0.39, 0.29) is 23.2 Å². The van der Waals surface area contributed by atoms with Crippen LogP contribution in [0, 0.1) is 20.8 Å². The van der Waals surface area contributed by atoms with Crippen LogP contribution < -0.4 is 10.9 Å². The van der Waals surface area contributed by atoms with E-state index < -0.39 is 0 Å². The van der Waals surface area contributed by atoms with Crippen LogP contribution in [-0.2, 0) is 13.5 Å². The highest BCUT2D eigenvalue weighted by Crippen LogP contribution is 2.26. The fourth-order valence-electron chi connectivity index (χ4n) is 3.98. The lowest BCUT2D eigenvalue weighted by Gasteiger charge is -2.14. The van der Waals surface area contributed by atoms with Crippen LogP contribution in [0.2, 0.25) is 0 Å². The summed E-state index contributed by atoms with van der Waals surface area (Å²) in [5.41, 5.74) is 5.91. The zero-order valence-corrected chi connectivity index (χ0v) is 18.4. The molecule has 4 rings (SSSR count). The maximum Gasteiger partial charge on any atom is 0.273 e. The van der Waals surface area contributed by atoms with Crippen LogP contribution in [-0.4, -0.2) is 36.3 Å². The summed E-state index contributed by atoms with van der Waals surface area (Å²) in [6.45, 7) is 7.80. The first-order chi connectivity index (χ1) is 14.8. The number of nitrogens with zero attached hydrogens (tertiary/aromatic N) is 4. The van der Waals surface area contributed by atoms with E-state index in [0.29, 0.717) is 12.1 Å². The molecule has 0 spiro atoms. The summed E-state index contributed by atoms with van der Waals surface area (Å²) in [7, 11) is 1.91. The Bertz CT molecular complexity index is 1330. The summed E-state index contributed by atoms with van der Waals surface area (Å²) >= 11 is 0. The van der Waals surface area contributed by atoms with Crippen LogP contribution in [0.15, 0.2) is 41.2 Å². The van der Waals surface area contributed by atoms with Gasteiger partial charge in [0.25, 0.3) is 11.5 Å². The summed E-state index contributed by atoms with van der Waals surface area (Å²) in [5.74, 6) is -0.371. The molecule has 0 radical (unpaired) electrons. The molecule has 160 valence electrons. The average Bonchev–Trinajstić information content (AvgIpc) is 3.19. The van der Waals surface area contributed by atoms with E-state index in [2.05, 4.69) is 20.5 Å². The highest BCUT2D eigenvalue weighted by Gasteiger charge is 2.20. The molecule has 8 nitrogen and oxygen atoms in total. The molecule has 4 aromatic rings. The van der Waals surface area contributed by atoms with Crippen molar-refractivity contribution in [2.24, 2.45) is 7.05 Å². The maximum absolute atomic E-state index is 12.9. The number of carbonyl (C=O) groups excluding carboxylic acids is 1. The molecule has 0 saturated heterocycles. The van der Waals surface area contributed by atoms with E-state index in [1.54, 1.807) is 0 Å². The number of hydrogen-bond acceptors (Lipinski definition) is 4. The van der Waals surface area contributed by atoms with Gasteiger partial charge in [-0.25, -0.2) is 9.50 Å². The summed E-state index contributed by atoms with van der Waals surface area (Å²) < 4.78 is 3.22. The summed E-state index contributed by atoms with van der Waals surface area (Å²) in [5, 5.41) is 10.4. The predicted molar refractivity (Wildman–Crippen MR) is 119 cm³/mol. The standard InChI is InChI=1S/C23H26N6O2/c1-13(11-18-14(2)26-28(5)16(18)4)24-23(31)19-12-20(30)29-22(25-19)21(15(3)27-29)17-9-7-6-8-10-17/h6-10,12-13,27H,11H2,1-5H3,(H,24,31)/t13-/m1/s1. The molecule has 3 heterocycles. The number of hydrogen-bond donors (Lipinski definition) is 2. The van der Waals surface area contributed by atoms with Crippen LogP contribution in [0.3, 0.4) is 0 Å². The molecular weight excluding hydrogens is 392 g/mol. The molecule has 3 aromatic heterocycles. The number of benzene rings is 1. The molecule has 0 unspecified atom stereocenters. The molecule has 0 aliphatic heterocycles. The molecule has 0 bridgehead atoms. The van der Waals surface area contributed by atoms with Gasteiger partial charge in [-0.2, -0.15) is 5.10 Å². The fourth-order valence-corrected chi connectivity index (χ4v) is 3.98. The highest BCUT2D eigenvalue weighted by molar-refractivity contribution is 5.93. The van der Waals surface area contributed by atoms with Gasteiger partial charge in [-0.15, -0.1) is 0 Å². The minimum Gasteiger partial charge on any atom is -0.348 e. The topological polar surface area (TPSA) is 97.1 Å². The first-order valence-electron chi connectivity index (χ1n) is 10.2. The minimum absolute atomic E-state index is 0.104. The molecule has 1 amide bonds. The van der Waals surface area contributed by atoms with Gasteiger partial charge in [0.05, 0.1) is 5.69 Å². The van der Waals surface area contributed by atoms with Crippen molar-refractivity contribution >= 4 is 11.6 Å².